The van der Waals surface area contributed by atoms with Gasteiger partial charge in [-0.1, -0.05) is 12.1 Å². The summed E-state index contributed by atoms with van der Waals surface area (Å²) in [5.41, 5.74) is 6.63. The Morgan fingerprint density at radius 2 is 2.29 bits per heavy atom. The third-order valence-corrected chi connectivity index (χ3v) is 3.94. The predicted molar refractivity (Wildman–Crippen MR) is 86.9 cm³/mol. The maximum absolute atomic E-state index is 12.4. The zero-order valence-corrected chi connectivity index (χ0v) is 13.4. The Morgan fingerprint density at radius 1 is 1.48 bits per heavy atom. The molecule has 1 saturated heterocycles. The molecule has 1 aliphatic rings. The first kappa shape index (κ1) is 17.8. The first-order chi connectivity index (χ1) is 9.72. The maximum atomic E-state index is 12.4. The summed E-state index contributed by atoms with van der Waals surface area (Å²) in [6.07, 6.45) is 3.75. The highest BCUT2D eigenvalue weighted by molar-refractivity contribution is 5.85. The van der Waals surface area contributed by atoms with Gasteiger partial charge in [-0.25, -0.2) is 0 Å². The predicted octanol–water partition coefficient (Wildman–Crippen LogP) is 2.25. The number of hydrogen-bond acceptors (Lipinski definition) is 3. The molecular formula is C16H25ClN2O2. The molecule has 118 valence electrons. The second-order valence-electron chi connectivity index (χ2n) is 5.45. The number of carbonyl (C=O) groups excluding carboxylic acids is 1. The third-order valence-electron chi connectivity index (χ3n) is 3.94. The van der Waals surface area contributed by atoms with Crippen LogP contribution >= 0.6 is 12.4 Å². The van der Waals surface area contributed by atoms with Crippen molar-refractivity contribution < 1.29 is 9.53 Å². The number of piperidine rings is 1. The van der Waals surface area contributed by atoms with Crippen molar-refractivity contribution in [2.45, 2.75) is 25.7 Å². The Labute approximate surface area is 133 Å². The van der Waals surface area contributed by atoms with Crippen LogP contribution in [-0.4, -0.2) is 37.6 Å². The average Bonchev–Trinajstić information content (AvgIpc) is 2.48. The van der Waals surface area contributed by atoms with Crippen molar-refractivity contribution in [2.24, 2.45) is 11.7 Å². The van der Waals surface area contributed by atoms with E-state index in [2.05, 4.69) is 0 Å². The fourth-order valence-corrected chi connectivity index (χ4v) is 2.83. The topological polar surface area (TPSA) is 55.6 Å². The number of likely N-dealkylation sites (tertiary alicyclic amines) is 1. The Bertz CT molecular complexity index is 452. The maximum Gasteiger partial charge on any atom is 0.227 e. The molecule has 0 saturated carbocycles. The van der Waals surface area contributed by atoms with E-state index in [0.717, 1.165) is 37.2 Å². The lowest BCUT2D eigenvalue weighted by Gasteiger charge is -2.32. The van der Waals surface area contributed by atoms with Gasteiger partial charge in [0.15, 0.2) is 0 Å². The number of nitrogens with zero attached hydrogens (tertiary/aromatic N) is 1. The summed E-state index contributed by atoms with van der Waals surface area (Å²) in [5, 5.41) is 0. The van der Waals surface area contributed by atoms with Gasteiger partial charge in [-0.05, 0) is 49.4 Å². The van der Waals surface area contributed by atoms with Gasteiger partial charge in [0.2, 0.25) is 5.91 Å². The van der Waals surface area contributed by atoms with Crippen LogP contribution in [0.2, 0.25) is 0 Å². The molecule has 0 bridgehead atoms. The van der Waals surface area contributed by atoms with Crippen molar-refractivity contribution >= 4 is 18.3 Å². The van der Waals surface area contributed by atoms with Crippen LogP contribution in [0.5, 0.6) is 5.75 Å². The molecule has 0 aromatic heterocycles. The second-order valence-corrected chi connectivity index (χ2v) is 5.45. The van der Waals surface area contributed by atoms with Crippen LogP contribution in [0.15, 0.2) is 24.3 Å². The quantitative estimate of drug-likeness (QED) is 0.907. The highest BCUT2D eigenvalue weighted by atomic mass is 35.5. The number of halogens is 1. The van der Waals surface area contributed by atoms with Crippen LogP contribution < -0.4 is 10.5 Å². The lowest BCUT2D eigenvalue weighted by molar-refractivity contribution is -0.132. The number of ether oxygens (including phenoxy) is 1. The van der Waals surface area contributed by atoms with Crippen molar-refractivity contribution in [2.75, 3.05) is 26.7 Å². The third kappa shape index (κ3) is 5.21. The van der Waals surface area contributed by atoms with Gasteiger partial charge < -0.3 is 15.4 Å². The van der Waals surface area contributed by atoms with Gasteiger partial charge in [0, 0.05) is 13.1 Å². The highest BCUT2D eigenvalue weighted by Gasteiger charge is 2.23. The monoisotopic (exact) mass is 312 g/mol. The summed E-state index contributed by atoms with van der Waals surface area (Å²) in [7, 11) is 1.64. The van der Waals surface area contributed by atoms with E-state index in [1.807, 2.05) is 29.2 Å². The summed E-state index contributed by atoms with van der Waals surface area (Å²) < 4.78 is 5.19. The number of amides is 1. The number of rotatable bonds is 5. The number of methoxy groups -OCH3 is 1. The zero-order valence-electron chi connectivity index (χ0n) is 12.6. The van der Waals surface area contributed by atoms with Gasteiger partial charge in [-0.2, -0.15) is 0 Å². The Balaban J connectivity index is 0.00000220. The Morgan fingerprint density at radius 3 is 3.00 bits per heavy atom. The summed E-state index contributed by atoms with van der Waals surface area (Å²) in [5.74, 6) is 1.58. The molecule has 0 aliphatic carbocycles. The Hall–Kier alpha value is -1.26. The lowest BCUT2D eigenvalue weighted by Crippen LogP contribution is -2.41. The fraction of sp³-hybridized carbons (Fsp3) is 0.562. The minimum absolute atomic E-state index is 0. The van der Waals surface area contributed by atoms with Crippen molar-refractivity contribution in [3.8, 4) is 5.75 Å². The number of hydrogen-bond donors (Lipinski definition) is 1. The zero-order chi connectivity index (χ0) is 14.4. The molecule has 1 aromatic carbocycles. The number of nitrogens with two attached hydrogens (primary N) is 1. The Kier molecular flexibility index (Phi) is 7.54. The van der Waals surface area contributed by atoms with E-state index >= 15 is 0 Å². The standard InChI is InChI=1S/C16H24N2O2.ClH/c1-20-15-6-2-4-14(10-15)11-16(19)18-9-3-5-13(12-18)7-8-17;/h2,4,6,10,13H,3,5,7-9,11-12,17H2,1H3;1H. The average molecular weight is 313 g/mol. The van der Waals surface area contributed by atoms with Gasteiger partial charge in [0.25, 0.3) is 0 Å². The molecule has 1 aliphatic heterocycles. The molecule has 1 fully saturated rings. The van der Waals surface area contributed by atoms with Crippen LogP contribution in [0.1, 0.15) is 24.8 Å². The summed E-state index contributed by atoms with van der Waals surface area (Å²) in [6.45, 7) is 2.45. The molecule has 0 spiro atoms. The van der Waals surface area contributed by atoms with Gasteiger partial charge in [-0.15, -0.1) is 12.4 Å². The minimum Gasteiger partial charge on any atom is -0.497 e. The summed E-state index contributed by atoms with van der Waals surface area (Å²) in [4.78, 5) is 14.4. The molecular weight excluding hydrogens is 288 g/mol. The normalized spacial score (nSPS) is 18.0. The second kappa shape index (κ2) is 8.90. The SMILES string of the molecule is COc1cccc(CC(=O)N2CCCC(CCN)C2)c1.Cl. The van der Waals surface area contributed by atoms with E-state index in [-0.39, 0.29) is 18.3 Å². The highest BCUT2D eigenvalue weighted by Crippen LogP contribution is 2.20. The van der Waals surface area contributed by atoms with Crippen molar-refractivity contribution in [3.05, 3.63) is 29.8 Å². The molecule has 1 heterocycles. The number of carbonyl (C=O) groups is 1. The van der Waals surface area contributed by atoms with E-state index in [1.54, 1.807) is 7.11 Å². The molecule has 2 rings (SSSR count). The van der Waals surface area contributed by atoms with E-state index in [1.165, 1.54) is 6.42 Å². The van der Waals surface area contributed by atoms with Gasteiger partial charge in [0.1, 0.15) is 5.75 Å². The van der Waals surface area contributed by atoms with Crippen LogP contribution in [0.3, 0.4) is 0 Å². The van der Waals surface area contributed by atoms with Crippen LogP contribution in [0.4, 0.5) is 0 Å². The van der Waals surface area contributed by atoms with Crippen LogP contribution in [-0.2, 0) is 11.2 Å². The summed E-state index contributed by atoms with van der Waals surface area (Å²) in [6, 6.07) is 7.72. The van der Waals surface area contributed by atoms with Gasteiger partial charge in [0.05, 0.1) is 13.5 Å². The van der Waals surface area contributed by atoms with E-state index in [0.29, 0.717) is 18.9 Å². The number of benzene rings is 1. The molecule has 2 N–H and O–H groups in total. The summed E-state index contributed by atoms with van der Waals surface area (Å²) >= 11 is 0. The molecule has 1 aromatic rings. The molecule has 0 radical (unpaired) electrons. The molecule has 4 nitrogen and oxygen atoms in total. The van der Waals surface area contributed by atoms with Gasteiger partial charge in [-0.3, -0.25) is 4.79 Å². The van der Waals surface area contributed by atoms with Crippen LogP contribution in [0.25, 0.3) is 0 Å². The molecule has 21 heavy (non-hydrogen) atoms. The van der Waals surface area contributed by atoms with Crippen LogP contribution in [0, 0.1) is 5.92 Å². The van der Waals surface area contributed by atoms with Crippen molar-refractivity contribution in [3.63, 3.8) is 0 Å². The van der Waals surface area contributed by atoms with Gasteiger partial charge >= 0.3 is 0 Å². The molecule has 5 heteroatoms. The van der Waals surface area contributed by atoms with Crippen molar-refractivity contribution in [1.82, 2.24) is 4.90 Å². The fourth-order valence-electron chi connectivity index (χ4n) is 2.83. The molecule has 1 amide bonds. The van der Waals surface area contributed by atoms with Crippen molar-refractivity contribution in [1.29, 1.82) is 0 Å². The lowest BCUT2D eigenvalue weighted by atomic mass is 9.94. The first-order valence-electron chi connectivity index (χ1n) is 7.33. The smallest absolute Gasteiger partial charge is 0.227 e. The first-order valence-corrected chi connectivity index (χ1v) is 7.33. The van der Waals surface area contributed by atoms with E-state index < -0.39 is 0 Å². The largest absolute Gasteiger partial charge is 0.497 e. The van der Waals surface area contributed by atoms with E-state index in [9.17, 15) is 4.79 Å². The van der Waals surface area contributed by atoms with E-state index in [4.69, 9.17) is 10.5 Å². The molecule has 1 unspecified atom stereocenters. The molecule has 1 atom stereocenters. The minimum atomic E-state index is 0.